The molecule has 4 nitrogen and oxygen atoms in total. The van der Waals surface area contributed by atoms with Gasteiger partial charge >= 0.3 is 0 Å². The molecule has 22 heavy (non-hydrogen) atoms. The summed E-state index contributed by atoms with van der Waals surface area (Å²) in [6.45, 7) is 1.37. The van der Waals surface area contributed by atoms with E-state index in [1.807, 2.05) is 12.1 Å². The third kappa shape index (κ3) is 3.45. The Morgan fingerprint density at radius 3 is 2.82 bits per heavy atom. The second-order valence-electron chi connectivity index (χ2n) is 6.02. The molecule has 3 atom stereocenters. The monoisotopic (exact) mass is 312 g/mol. The number of rotatable bonds is 5. The Balaban J connectivity index is 1.62. The smallest absolute Gasteiger partial charge is 0.169 e. The van der Waals surface area contributed by atoms with E-state index in [0.29, 0.717) is 31.5 Å². The summed E-state index contributed by atoms with van der Waals surface area (Å²) in [6.07, 6.45) is 11.1. The Hall–Kier alpha value is -1.93. The van der Waals surface area contributed by atoms with Gasteiger partial charge in [-0.25, -0.2) is 0 Å². The highest BCUT2D eigenvalue weighted by Crippen LogP contribution is 2.39. The van der Waals surface area contributed by atoms with Gasteiger partial charge in [0.15, 0.2) is 5.11 Å². The second kappa shape index (κ2) is 6.89. The van der Waals surface area contributed by atoms with Crippen LogP contribution in [0.5, 0.6) is 0 Å². The van der Waals surface area contributed by atoms with E-state index < -0.39 is 0 Å². The summed E-state index contributed by atoms with van der Waals surface area (Å²) in [5.74, 6) is 1.33. The first-order chi connectivity index (χ1) is 10.8. The Kier molecular flexibility index (Phi) is 4.69. The van der Waals surface area contributed by atoms with Crippen LogP contribution in [0.25, 0.3) is 0 Å². The molecule has 0 spiro atoms. The van der Waals surface area contributed by atoms with Crippen LogP contribution in [0.2, 0.25) is 0 Å². The molecule has 0 saturated heterocycles. The van der Waals surface area contributed by atoms with Crippen LogP contribution in [0.4, 0.5) is 0 Å². The summed E-state index contributed by atoms with van der Waals surface area (Å²) in [7, 11) is 0. The molecule has 0 unspecified atom stereocenters. The van der Waals surface area contributed by atoms with Crippen LogP contribution in [-0.2, 0) is 6.54 Å². The molecule has 3 rings (SSSR count). The number of nitrogens with zero attached hydrogens (tertiary/aromatic N) is 3. The number of hydrogen-bond donors (Lipinski definition) is 1. The molecule has 1 saturated carbocycles. The summed E-state index contributed by atoms with van der Waals surface area (Å²) < 4.78 is 0. The topological polar surface area (TPSA) is 52.0 Å². The summed E-state index contributed by atoms with van der Waals surface area (Å²) >= 11 is 5.61. The van der Waals surface area contributed by atoms with E-state index in [1.54, 1.807) is 12.4 Å². The minimum Gasteiger partial charge on any atom is -0.359 e. The zero-order chi connectivity index (χ0) is 15.4. The number of pyridine rings is 1. The first kappa shape index (κ1) is 15.0. The predicted octanol–water partition coefficient (Wildman–Crippen LogP) is 2.64. The summed E-state index contributed by atoms with van der Waals surface area (Å²) in [5, 5.41) is 13.2. The van der Waals surface area contributed by atoms with Gasteiger partial charge in [0.1, 0.15) is 0 Å². The molecule has 0 aromatic carbocycles. The molecule has 1 aromatic rings. The highest BCUT2D eigenvalue weighted by Gasteiger charge is 2.36. The molecule has 0 radical (unpaired) electrons. The third-order valence-electron chi connectivity index (χ3n) is 4.49. The van der Waals surface area contributed by atoms with Crippen LogP contribution in [0.3, 0.4) is 0 Å². The van der Waals surface area contributed by atoms with Crippen LogP contribution in [0.1, 0.15) is 24.8 Å². The van der Waals surface area contributed by atoms with E-state index in [0.717, 1.165) is 16.6 Å². The molecule has 2 bridgehead atoms. The molecule has 1 N–H and O–H groups in total. The minimum atomic E-state index is 0.449. The van der Waals surface area contributed by atoms with Crippen LogP contribution in [0, 0.1) is 23.2 Å². The first-order valence-corrected chi connectivity index (χ1v) is 8.16. The lowest BCUT2D eigenvalue weighted by molar-refractivity contribution is 0.396. The van der Waals surface area contributed by atoms with Gasteiger partial charge in [-0.05, 0) is 54.6 Å². The Morgan fingerprint density at radius 2 is 2.18 bits per heavy atom. The van der Waals surface area contributed by atoms with Crippen molar-refractivity contribution in [1.29, 1.82) is 5.26 Å². The molecule has 0 aliphatic heterocycles. The van der Waals surface area contributed by atoms with Crippen molar-refractivity contribution in [2.75, 3.05) is 6.54 Å². The third-order valence-corrected chi connectivity index (χ3v) is 4.87. The molecule has 0 amide bonds. The summed E-state index contributed by atoms with van der Waals surface area (Å²) in [4.78, 5) is 6.13. The predicted molar refractivity (Wildman–Crippen MR) is 89.8 cm³/mol. The van der Waals surface area contributed by atoms with Crippen LogP contribution < -0.4 is 5.32 Å². The van der Waals surface area contributed by atoms with Gasteiger partial charge in [-0.2, -0.15) is 5.26 Å². The van der Waals surface area contributed by atoms with Crippen molar-refractivity contribution in [1.82, 2.24) is 15.2 Å². The van der Waals surface area contributed by atoms with Crippen molar-refractivity contribution in [2.45, 2.75) is 31.8 Å². The van der Waals surface area contributed by atoms with Crippen molar-refractivity contribution in [3.8, 4) is 6.07 Å². The molecule has 1 heterocycles. The van der Waals surface area contributed by atoms with Gasteiger partial charge < -0.3 is 10.2 Å². The highest BCUT2D eigenvalue weighted by atomic mass is 32.1. The maximum Gasteiger partial charge on any atom is 0.169 e. The second-order valence-corrected chi connectivity index (χ2v) is 6.41. The van der Waals surface area contributed by atoms with Gasteiger partial charge in [-0.1, -0.05) is 12.2 Å². The van der Waals surface area contributed by atoms with Gasteiger partial charge in [0.05, 0.1) is 12.5 Å². The number of nitrogens with one attached hydrogen (secondary N) is 1. The number of fused-ring (bicyclic) bond motifs is 2. The van der Waals surface area contributed by atoms with Gasteiger partial charge in [0, 0.05) is 31.5 Å². The van der Waals surface area contributed by atoms with E-state index in [9.17, 15) is 0 Å². The molecule has 1 fully saturated rings. The fourth-order valence-corrected chi connectivity index (χ4v) is 3.65. The Bertz CT molecular complexity index is 592. The number of allylic oxidation sites excluding steroid dienone is 1. The van der Waals surface area contributed by atoms with Gasteiger partial charge in [-0.15, -0.1) is 0 Å². The van der Waals surface area contributed by atoms with E-state index in [-0.39, 0.29) is 0 Å². The van der Waals surface area contributed by atoms with E-state index in [4.69, 9.17) is 17.5 Å². The van der Waals surface area contributed by atoms with Gasteiger partial charge in [-0.3, -0.25) is 4.98 Å². The van der Waals surface area contributed by atoms with Crippen molar-refractivity contribution in [3.05, 3.63) is 42.2 Å². The zero-order valence-corrected chi connectivity index (χ0v) is 13.3. The van der Waals surface area contributed by atoms with Crippen molar-refractivity contribution >= 4 is 17.3 Å². The minimum absolute atomic E-state index is 0.449. The molecule has 2 aliphatic carbocycles. The van der Waals surface area contributed by atoms with Crippen molar-refractivity contribution in [2.24, 2.45) is 11.8 Å². The van der Waals surface area contributed by atoms with Crippen LogP contribution in [0.15, 0.2) is 36.7 Å². The fraction of sp³-hybridized carbons (Fsp3) is 0.471. The van der Waals surface area contributed by atoms with Crippen molar-refractivity contribution < 1.29 is 0 Å². The molecular formula is C17H20N4S. The van der Waals surface area contributed by atoms with Crippen LogP contribution >= 0.6 is 12.2 Å². The van der Waals surface area contributed by atoms with Crippen LogP contribution in [-0.4, -0.2) is 27.6 Å². The average molecular weight is 312 g/mol. The SMILES string of the molecule is N#CCCN(Cc1ccncc1)C(=S)N[C@H]1C[C@@H]2C=C[C@@H]1C2. The van der Waals surface area contributed by atoms with Gasteiger partial charge in [0.2, 0.25) is 0 Å². The van der Waals surface area contributed by atoms with Crippen molar-refractivity contribution in [3.63, 3.8) is 0 Å². The first-order valence-electron chi connectivity index (χ1n) is 7.76. The molecular weight excluding hydrogens is 292 g/mol. The largest absolute Gasteiger partial charge is 0.359 e. The molecule has 114 valence electrons. The number of nitriles is 1. The molecule has 5 heteroatoms. The average Bonchev–Trinajstić information content (AvgIpc) is 3.15. The normalized spacial score (nSPS) is 25.0. The Morgan fingerprint density at radius 1 is 1.36 bits per heavy atom. The zero-order valence-electron chi connectivity index (χ0n) is 12.5. The maximum absolute atomic E-state index is 8.87. The van der Waals surface area contributed by atoms with E-state index in [2.05, 4.69) is 33.4 Å². The molecule has 1 aromatic heterocycles. The lowest BCUT2D eigenvalue weighted by atomic mass is 10.0. The summed E-state index contributed by atoms with van der Waals surface area (Å²) in [5.41, 5.74) is 1.16. The lowest BCUT2D eigenvalue weighted by Crippen LogP contribution is -2.46. The quantitative estimate of drug-likeness (QED) is 0.669. The fourth-order valence-electron chi connectivity index (χ4n) is 3.34. The van der Waals surface area contributed by atoms with Gasteiger partial charge in [0.25, 0.3) is 0 Å². The standard InChI is InChI=1S/C17H20N4S/c18-6-1-9-21(12-13-4-7-19-8-5-13)17(22)20-16-11-14-2-3-15(16)10-14/h2-5,7-8,14-16H,1,9-12H2,(H,20,22)/t14-,15-,16+/m1/s1. The molecule has 2 aliphatic rings. The summed E-state index contributed by atoms with van der Waals surface area (Å²) in [6, 6.07) is 6.63. The highest BCUT2D eigenvalue weighted by molar-refractivity contribution is 7.80. The Labute approximate surface area is 136 Å². The lowest BCUT2D eigenvalue weighted by Gasteiger charge is -2.29. The number of aromatic nitrogens is 1. The maximum atomic E-state index is 8.87. The number of hydrogen-bond acceptors (Lipinski definition) is 3. The number of thiocarbonyl (C=S) groups is 1. The van der Waals surface area contributed by atoms with E-state index >= 15 is 0 Å². The van der Waals surface area contributed by atoms with E-state index in [1.165, 1.54) is 12.8 Å².